The highest BCUT2D eigenvalue weighted by Crippen LogP contribution is 2.52. The SMILES string of the molecule is COc1cccc2c1O[C@H](c1cccc(OC)c1OC)N1N=C(c3cc(C)ccc3O)C[C@H]21. The van der Waals surface area contributed by atoms with Crippen LogP contribution in [0.5, 0.6) is 28.7 Å². The van der Waals surface area contributed by atoms with Gasteiger partial charge < -0.3 is 24.1 Å². The molecule has 3 aromatic rings. The molecular weight excluding hydrogens is 420 g/mol. The van der Waals surface area contributed by atoms with Crippen molar-refractivity contribution in [2.45, 2.75) is 25.6 Å². The molecule has 0 bridgehead atoms. The van der Waals surface area contributed by atoms with Crippen LogP contribution in [0, 0.1) is 6.92 Å². The first-order chi connectivity index (χ1) is 16.0. The van der Waals surface area contributed by atoms with Crippen molar-refractivity contribution in [1.82, 2.24) is 5.01 Å². The minimum Gasteiger partial charge on any atom is -0.507 e. The molecule has 170 valence electrons. The zero-order valence-corrected chi connectivity index (χ0v) is 19.0. The van der Waals surface area contributed by atoms with Gasteiger partial charge in [-0.2, -0.15) is 5.10 Å². The molecule has 2 atom stereocenters. The molecule has 0 radical (unpaired) electrons. The van der Waals surface area contributed by atoms with Gasteiger partial charge in [-0.3, -0.25) is 0 Å². The molecule has 0 saturated carbocycles. The van der Waals surface area contributed by atoms with Crippen molar-refractivity contribution in [3.05, 3.63) is 76.9 Å². The Morgan fingerprint density at radius 3 is 2.39 bits per heavy atom. The number of phenols is 1. The molecule has 7 nitrogen and oxygen atoms in total. The van der Waals surface area contributed by atoms with Gasteiger partial charge in [0, 0.05) is 17.5 Å². The highest BCUT2D eigenvalue weighted by atomic mass is 16.5. The Kier molecular flexibility index (Phi) is 5.24. The highest BCUT2D eigenvalue weighted by molar-refractivity contribution is 6.04. The van der Waals surface area contributed by atoms with E-state index in [2.05, 4.69) is 0 Å². The minimum absolute atomic E-state index is 0.0975. The Hall–Kier alpha value is -3.87. The molecule has 7 heteroatoms. The molecule has 0 amide bonds. The van der Waals surface area contributed by atoms with Crippen molar-refractivity contribution in [3.63, 3.8) is 0 Å². The van der Waals surface area contributed by atoms with E-state index in [0.29, 0.717) is 29.4 Å². The lowest BCUT2D eigenvalue weighted by Gasteiger charge is -2.39. The summed E-state index contributed by atoms with van der Waals surface area (Å²) < 4.78 is 23.4. The predicted molar refractivity (Wildman–Crippen MR) is 124 cm³/mol. The fraction of sp³-hybridized carbons (Fsp3) is 0.269. The molecule has 0 unspecified atom stereocenters. The average molecular weight is 447 g/mol. The van der Waals surface area contributed by atoms with Gasteiger partial charge in [0.2, 0.25) is 6.23 Å². The second kappa shape index (κ2) is 8.24. The van der Waals surface area contributed by atoms with Crippen molar-refractivity contribution in [3.8, 4) is 28.7 Å². The largest absolute Gasteiger partial charge is 0.507 e. The molecule has 0 saturated heterocycles. The molecule has 0 spiro atoms. The van der Waals surface area contributed by atoms with Crippen LogP contribution in [0.2, 0.25) is 0 Å². The fourth-order valence-electron chi connectivity index (χ4n) is 4.60. The summed E-state index contributed by atoms with van der Waals surface area (Å²) in [6.45, 7) is 2.00. The van der Waals surface area contributed by atoms with Crippen LogP contribution >= 0.6 is 0 Å². The number of rotatable bonds is 5. The van der Waals surface area contributed by atoms with Crippen molar-refractivity contribution < 1.29 is 24.1 Å². The molecule has 33 heavy (non-hydrogen) atoms. The first-order valence-electron chi connectivity index (χ1n) is 10.8. The molecule has 1 N–H and O–H groups in total. The minimum atomic E-state index is -0.576. The first-order valence-corrected chi connectivity index (χ1v) is 10.8. The Morgan fingerprint density at radius 2 is 1.67 bits per heavy atom. The Labute approximate surface area is 192 Å². The lowest BCUT2D eigenvalue weighted by atomic mass is 9.94. The number of phenolic OH excluding ortho intramolecular Hbond substituents is 1. The lowest BCUT2D eigenvalue weighted by molar-refractivity contribution is -0.0223. The van der Waals surface area contributed by atoms with E-state index in [0.717, 1.165) is 28.0 Å². The Bertz CT molecular complexity index is 1240. The maximum Gasteiger partial charge on any atom is 0.217 e. The standard InChI is InChI=1S/C26H26N2O5/c1-15-11-12-21(29)18(13-15)19-14-20-16-7-5-10-23(31-3)25(16)33-26(28(20)27-19)17-8-6-9-22(30-2)24(17)32-4/h5-13,20,26,29H,14H2,1-4H3/t20-,26-/m1/s1. The predicted octanol–water partition coefficient (Wildman–Crippen LogP) is 4.97. The van der Waals surface area contributed by atoms with E-state index in [-0.39, 0.29) is 11.8 Å². The summed E-state index contributed by atoms with van der Waals surface area (Å²) in [6, 6.07) is 17.0. The fourth-order valence-corrected chi connectivity index (χ4v) is 4.60. The van der Waals surface area contributed by atoms with Gasteiger partial charge in [0.1, 0.15) is 5.75 Å². The third-order valence-electron chi connectivity index (χ3n) is 6.16. The summed E-state index contributed by atoms with van der Waals surface area (Å²) in [7, 11) is 4.85. The number of aromatic hydroxyl groups is 1. The average Bonchev–Trinajstić information content (AvgIpc) is 3.29. The van der Waals surface area contributed by atoms with Crippen molar-refractivity contribution in [1.29, 1.82) is 0 Å². The summed E-state index contributed by atoms with van der Waals surface area (Å²) in [6.07, 6.45) is 0.0388. The Morgan fingerprint density at radius 1 is 0.939 bits per heavy atom. The number of methoxy groups -OCH3 is 3. The van der Waals surface area contributed by atoms with E-state index >= 15 is 0 Å². The number of nitrogens with zero attached hydrogens (tertiary/aromatic N) is 2. The van der Waals surface area contributed by atoms with Gasteiger partial charge in [-0.1, -0.05) is 29.8 Å². The van der Waals surface area contributed by atoms with Crippen molar-refractivity contribution in [2.75, 3.05) is 21.3 Å². The quantitative estimate of drug-likeness (QED) is 0.597. The number of hydrogen-bond acceptors (Lipinski definition) is 7. The van der Waals surface area contributed by atoms with Gasteiger partial charge in [0.25, 0.3) is 0 Å². The van der Waals surface area contributed by atoms with Crippen molar-refractivity contribution >= 4 is 5.71 Å². The van der Waals surface area contributed by atoms with Crippen LogP contribution in [0.4, 0.5) is 0 Å². The van der Waals surface area contributed by atoms with E-state index in [9.17, 15) is 5.11 Å². The van der Waals surface area contributed by atoms with E-state index in [1.165, 1.54) is 0 Å². The number of fused-ring (bicyclic) bond motifs is 3. The normalized spacial score (nSPS) is 18.7. The third kappa shape index (κ3) is 3.40. The number of para-hydroxylation sites is 2. The molecule has 2 aliphatic heterocycles. The van der Waals surface area contributed by atoms with Crippen LogP contribution in [0.1, 0.15) is 40.9 Å². The lowest BCUT2D eigenvalue weighted by Crippen LogP contribution is -2.34. The second-order valence-corrected chi connectivity index (χ2v) is 8.10. The maximum absolute atomic E-state index is 10.6. The van der Waals surface area contributed by atoms with Crippen LogP contribution in [0.15, 0.2) is 59.7 Å². The zero-order chi connectivity index (χ0) is 23.1. The maximum atomic E-state index is 10.6. The number of ether oxygens (including phenoxy) is 4. The van der Waals surface area contributed by atoms with Gasteiger partial charge in [0.05, 0.1) is 38.6 Å². The number of hydrogen-bond donors (Lipinski definition) is 1. The van der Waals surface area contributed by atoms with E-state index in [1.54, 1.807) is 27.4 Å². The topological polar surface area (TPSA) is 72.8 Å². The summed E-state index contributed by atoms with van der Waals surface area (Å²) in [5.74, 6) is 2.75. The first kappa shape index (κ1) is 21.0. The Balaban J connectivity index is 1.68. The molecule has 0 aromatic heterocycles. The van der Waals surface area contributed by atoms with Crippen LogP contribution in [0.3, 0.4) is 0 Å². The second-order valence-electron chi connectivity index (χ2n) is 8.10. The molecule has 0 aliphatic carbocycles. The van der Waals surface area contributed by atoms with Crippen LogP contribution in [0.25, 0.3) is 0 Å². The summed E-state index contributed by atoms with van der Waals surface area (Å²) >= 11 is 0. The van der Waals surface area contributed by atoms with Crippen LogP contribution in [-0.4, -0.2) is 37.2 Å². The van der Waals surface area contributed by atoms with Gasteiger partial charge >= 0.3 is 0 Å². The summed E-state index contributed by atoms with van der Waals surface area (Å²) in [4.78, 5) is 0. The smallest absolute Gasteiger partial charge is 0.217 e. The highest BCUT2D eigenvalue weighted by Gasteiger charge is 2.43. The van der Waals surface area contributed by atoms with Gasteiger partial charge in [-0.05, 0) is 37.3 Å². The zero-order valence-electron chi connectivity index (χ0n) is 19.0. The number of aryl methyl sites for hydroxylation is 1. The number of benzene rings is 3. The molecule has 3 aromatic carbocycles. The van der Waals surface area contributed by atoms with Crippen molar-refractivity contribution in [2.24, 2.45) is 5.10 Å². The van der Waals surface area contributed by atoms with Crippen LogP contribution < -0.4 is 18.9 Å². The number of hydrazone groups is 1. The molecule has 2 aliphatic rings. The summed E-state index contributed by atoms with van der Waals surface area (Å²) in [5.41, 5.74) is 4.35. The molecule has 0 fully saturated rings. The third-order valence-corrected chi connectivity index (χ3v) is 6.16. The molecule has 5 rings (SSSR count). The van der Waals surface area contributed by atoms with Gasteiger partial charge in [-0.25, -0.2) is 5.01 Å². The molecular formula is C26H26N2O5. The van der Waals surface area contributed by atoms with E-state index < -0.39 is 6.23 Å². The van der Waals surface area contributed by atoms with E-state index in [4.69, 9.17) is 24.0 Å². The van der Waals surface area contributed by atoms with Gasteiger partial charge in [-0.15, -0.1) is 0 Å². The monoisotopic (exact) mass is 446 g/mol. The van der Waals surface area contributed by atoms with E-state index in [1.807, 2.05) is 60.5 Å². The van der Waals surface area contributed by atoms with Gasteiger partial charge in [0.15, 0.2) is 23.0 Å². The summed E-state index contributed by atoms with van der Waals surface area (Å²) in [5, 5.41) is 17.4. The molecule has 2 heterocycles. The van der Waals surface area contributed by atoms with Crippen LogP contribution in [-0.2, 0) is 0 Å².